The second-order valence-electron chi connectivity index (χ2n) is 9.61. The van der Waals surface area contributed by atoms with Crippen molar-refractivity contribution in [3.63, 3.8) is 0 Å². The van der Waals surface area contributed by atoms with Crippen LogP contribution in [0.1, 0.15) is 76.0 Å². The van der Waals surface area contributed by atoms with Gasteiger partial charge in [0.25, 0.3) is 5.56 Å². The molecule has 0 radical (unpaired) electrons. The zero-order valence-corrected chi connectivity index (χ0v) is 17.0. The summed E-state index contributed by atoms with van der Waals surface area (Å²) >= 11 is 0. The maximum absolute atomic E-state index is 13.9. The number of nitrogens with zero attached hydrogens (tertiary/aromatic N) is 2. The van der Waals surface area contributed by atoms with Crippen LogP contribution in [0.3, 0.4) is 0 Å². The first kappa shape index (κ1) is 18.1. The Bertz CT molecular complexity index is 953. The third kappa shape index (κ3) is 2.85. The quantitative estimate of drug-likeness (QED) is 0.716. The molecule has 0 N–H and O–H groups in total. The first-order chi connectivity index (χ1) is 13.5. The van der Waals surface area contributed by atoms with Crippen molar-refractivity contribution in [2.75, 3.05) is 6.61 Å². The third-order valence-corrected chi connectivity index (χ3v) is 7.20. The van der Waals surface area contributed by atoms with Gasteiger partial charge < -0.3 is 4.74 Å². The lowest BCUT2D eigenvalue weighted by atomic mass is 9.62. The van der Waals surface area contributed by atoms with E-state index in [0.717, 1.165) is 48.9 Å². The highest BCUT2D eigenvalue weighted by atomic mass is 16.5. The molecule has 2 aliphatic carbocycles. The topological polar surface area (TPSA) is 44.1 Å². The van der Waals surface area contributed by atoms with Gasteiger partial charge in [0.2, 0.25) is 0 Å². The van der Waals surface area contributed by atoms with E-state index in [4.69, 9.17) is 9.72 Å². The Kier molecular flexibility index (Phi) is 4.24. The molecule has 1 saturated heterocycles. The largest absolute Gasteiger partial charge is 0.375 e. The average molecular weight is 379 g/mol. The molecule has 1 atom stereocenters. The van der Waals surface area contributed by atoms with Crippen LogP contribution in [0.5, 0.6) is 0 Å². The van der Waals surface area contributed by atoms with Gasteiger partial charge in [-0.1, -0.05) is 43.5 Å². The first-order valence-corrected chi connectivity index (χ1v) is 10.8. The van der Waals surface area contributed by atoms with Crippen LogP contribution in [0.15, 0.2) is 35.4 Å². The van der Waals surface area contributed by atoms with Gasteiger partial charge in [-0.3, -0.25) is 9.36 Å². The van der Waals surface area contributed by atoms with Gasteiger partial charge in [-0.15, -0.1) is 0 Å². The van der Waals surface area contributed by atoms with Crippen LogP contribution in [0.2, 0.25) is 0 Å². The molecule has 1 aromatic carbocycles. The van der Waals surface area contributed by atoms with Crippen molar-refractivity contribution in [1.29, 1.82) is 0 Å². The van der Waals surface area contributed by atoms with Crippen molar-refractivity contribution in [3.8, 4) is 11.3 Å². The molecule has 28 heavy (non-hydrogen) atoms. The minimum Gasteiger partial charge on any atom is -0.375 e. The van der Waals surface area contributed by atoms with Gasteiger partial charge in [0.15, 0.2) is 0 Å². The van der Waals surface area contributed by atoms with Crippen LogP contribution in [-0.2, 0) is 16.6 Å². The summed E-state index contributed by atoms with van der Waals surface area (Å²) in [6.45, 7) is 4.94. The van der Waals surface area contributed by atoms with E-state index in [1.807, 2.05) is 10.9 Å². The fourth-order valence-electron chi connectivity index (χ4n) is 5.86. The molecule has 2 heterocycles. The number of hydrogen-bond donors (Lipinski definition) is 0. The van der Waals surface area contributed by atoms with E-state index >= 15 is 0 Å². The van der Waals surface area contributed by atoms with Crippen molar-refractivity contribution in [3.05, 3.63) is 52.1 Å². The summed E-state index contributed by atoms with van der Waals surface area (Å²) in [5.74, 6) is 0. The number of aromatic nitrogens is 2. The number of benzene rings is 1. The predicted molar refractivity (Wildman–Crippen MR) is 111 cm³/mol. The maximum Gasteiger partial charge on any atom is 0.257 e. The summed E-state index contributed by atoms with van der Waals surface area (Å²) in [7, 11) is 0. The fourth-order valence-corrected chi connectivity index (χ4v) is 5.86. The van der Waals surface area contributed by atoms with Gasteiger partial charge >= 0.3 is 0 Å². The average Bonchev–Trinajstić information content (AvgIpc) is 2.68. The number of rotatable bonds is 1. The summed E-state index contributed by atoms with van der Waals surface area (Å²) in [5, 5.41) is 0. The van der Waals surface area contributed by atoms with Gasteiger partial charge in [0, 0.05) is 23.6 Å². The molecular formula is C24H30N2O2. The summed E-state index contributed by atoms with van der Waals surface area (Å²) in [4.78, 5) is 18.8. The molecule has 0 unspecified atom stereocenters. The summed E-state index contributed by atoms with van der Waals surface area (Å²) in [6.07, 6.45) is 10.4. The van der Waals surface area contributed by atoms with Crippen LogP contribution in [0.25, 0.3) is 11.3 Å². The molecule has 0 amide bonds. The van der Waals surface area contributed by atoms with Gasteiger partial charge in [-0.05, 0) is 51.5 Å². The van der Waals surface area contributed by atoms with E-state index in [1.165, 1.54) is 24.8 Å². The Balaban J connectivity index is 1.68. The Morgan fingerprint density at radius 3 is 2.71 bits per heavy atom. The summed E-state index contributed by atoms with van der Waals surface area (Å²) in [5.41, 5.74) is 4.43. The highest BCUT2D eigenvalue weighted by Crippen LogP contribution is 2.48. The molecule has 148 valence electrons. The molecule has 4 heteroatoms. The Hall–Kier alpha value is -1.94. The van der Waals surface area contributed by atoms with Crippen LogP contribution in [-0.4, -0.2) is 21.8 Å². The van der Waals surface area contributed by atoms with Crippen LogP contribution < -0.4 is 5.56 Å². The molecule has 1 spiro atoms. The first-order valence-electron chi connectivity index (χ1n) is 10.8. The Morgan fingerprint density at radius 2 is 1.93 bits per heavy atom. The Labute approximate surface area is 167 Å². The van der Waals surface area contributed by atoms with Crippen molar-refractivity contribution in [2.45, 2.75) is 82.3 Å². The van der Waals surface area contributed by atoms with E-state index < -0.39 is 0 Å². The molecule has 4 nitrogen and oxygen atoms in total. The predicted octanol–water partition coefficient (Wildman–Crippen LogP) is 4.80. The smallest absolute Gasteiger partial charge is 0.257 e. The zero-order chi connectivity index (χ0) is 19.4. The lowest BCUT2D eigenvalue weighted by Gasteiger charge is -2.42. The second kappa shape index (κ2) is 6.55. The molecule has 0 bridgehead atoms. The lowest BCUT2D eigenvalue weighted by molar-refractivity contribution is -0.0697. The summed E-state index contributed by atoms with van der Waals surface area (Å²) < 4.78 is 7.83. The van der Waals surface area contributed by atoms with Gasteiger partial charge in [-0.2, -0.15) is 0 Å². The van der Waals surface area contributed by atoms with Crippen LogP contribution in [0.4, 0.5) is 0 Å². The molecule has 5 rings (SSSR count). The second-order valence-corrected chi connectivity index (χ2v) is 9.61. The number of fused-ring (bicyclic) bond motifs is 4. The van der Waals surface area contributed by atoms with Crippen molar-refractivity contribution >= 4 is 0 Å². The SMILES string of the molecule is CC1(C)C[C@@H](n2cnc3c(c2=O)C2(CCCCC2)Cc2ccccc2-3)CCO1. The molecule has 1 aromatic heterocycles. The van der Waals surface area contributed by atoms with Crippen molar-refractivity contribution < 1.29 is 4.74 Å². The molecule has 2 aromatic rings. The molecule has 1 saturated carbocycles. The molecule has 1 aliphatic heterocycles. The van der Waals surface area contributed by atoms with Crippen molar-refractivity contribution in [1.82, 2.24) is 9.55 Å². The summed E-state index contributed by atoms with van der Waals surface area (Å²) in [6, 6.07) is 8.72. The van der Waals surface area contributed by atoms with E-state index in [9.17, 15) is 4.79 Å². The van der Waals surface area contributed by atoms with E-state index in [1.54, 1.807) is 0 Å². The zero-order valence-electron chi connectivity index (χ0n) is 17.0. The van der Waals surface area contributed by atoms with Gasteiger partial charge in [0.1, 0.15) is 0 Å². The third-order valence-electron chi connectivity index (χ3n) is 7.20. The Morgan fingerprint density at radius 1 is 1.14 bits per heavy atom. The van der Waals surface area contributed by atoms with E-state index in [-0.39, 0.29) is 22.6 Å². The van der Waals surface area contributed by atoms with Crippen molar-refractivity contribution in [2.24, 2.45) is 0 Å². The highest BCUT2D eigenvalue weighted by Gasteiger charge is 2.43. The molecule has 2 fully saturated rings. The minimum absolute atomic E-state index is 0.0320. The molecular weight excluding hydrogens is 348 g/mol. The fraction of sp³-hybridized carbons (Fsp3) is 0.583. The van der Waals surface area contributed by atoms with Crippen LogP contribution >= 0.6 is 0 Å². The number of hydrogen-bond acceptors (Lipinski definition) is 3. The highest BCUT2D eigenvalue weighted by molar-refractivity contribution is 5.71. The maximum atomic E-state index is 13.9. The number of ether oxygens (including phenoxy) is 1. The van der Waals surface area contributed by atoms with Gasteiger partial charge in [-0.25, -0.2) is 4.98 Å². The van der Waals surface area contributed by atoms with E-state index in [0.29, 0.717) is 6.61 Å². The van der Waals surface area contributed by atoms with E-state index in [2.05, 4.69) is 38.1 Å². The standard InChI is InChI=1S/C24H30N2O2/c1-23(2)15-18(10-13-28-23)26-16-25-21-19-9-5-4-8-17(19)14-24(20(21)22(26)27)11-6-3-7-12-24/h4-5,8-9,16,18H,3,6-7,10-15H2,1-2H3/t18-/m0/s1. The van der Waals surface area contributed by atoms with Crippen LogP contribution in [0, 0.1) is 0 Å². The van der Waals surface area contributed by atoms with Gasteiger partial charge in [0.05, 0.1) is 23.2 Å². The minimum atomic E-state index is -0.187. The monoisotopic (exact) mass is 378 g/mol. The normalized spacial score (nSPS) is 25.1. The molecule has 3 aliphatic rings. The lowest BCUT2D eigenvalue weighted by Crippen LogP contribution is -2.45.